The first-order valence-electron chi connectivity index (χ1n) is 9.78. The van der Waals surface area contributed by atoms with Crippen molar-refractivity contribution < 1.29 is 9.31 Å². The zero-order valence-corrected chi connectivity index (χ0v) is 16.9. The van der Waals surface area contributed by atoms with Gasteiger partial charge in [0.05, 0.1) is 10.6 Å². The van der Waals surface area contributed by atoms with Crippen molar-refractivity contribution in [1.29, 1.82) is 0 Å². The minimum absolute atomic E-state index is 0.0598. The number of non-ortho nitro benzene ring substituents is 1. The number of nitro groups is 1. The van der Waals surface area contributed by atoms with E-state index in [4.69, 9.17) is 0 Å². The summed E-state index contributed by atoms with van der Waals surface area (Å²) in [6.45, 7) is 2.23. The van der Waals surface area contributed by atoms with Crippen LogP contribution in [0, 0.1) is 21.8 Å². The van der Waals surface area contributed by atoms with Gasteiger partial charge in [-0.2, -0.15) is 0 Å². The van der Waals surface area contributed by atoms with E-state index in [0.717, 1.165) is 35.3 Å². The highest BCUT2D eigenvalue weighted by Gasteiger charge is 2.26. The van der Waals surface area contributed by atoms with Crippen LogP contribution in [0.4, 0.5) is 15.8 Å². The van der Waals surface area contributed by atoms with Crippen LogP contribution in [-0.4, -0.2) is 9.49 Å². The third-order valence-electron chi connectivity index (χ3n) is 5.56. The van der Waals surface area contributed by atoms with Crippen LogP contribution < -0.4 is 4.80 Å². The van der Waals surface area contributed by atoms with E-state index in [1.165, 1.54) is 29.9 Å². The second kappa shape index (κ2) is 8.29. The molecule has 0 saturated heterocycles. The summed E-state index contributed by atoms with van der Waals surface area (Å²) in [5.41, 5.74) is 2.04. The van der Waals surface area contributed by atoms with Gasteiger partial charge in [-0.05, 0) is 30.9 Å². The lowest BCUT2D eigenvalue weighted by molar-refractivity contribution is -0.384. The summed E-state index contributed by atoms with van der Waals surface area (Å²) in [5, 5.41) is 13.2. The molecule has 150 valence electrons. The molecule has 0 amide bonds. The van der Waals surface area contributed by atoms with Crippen molar-refractivity contribution >= 4 is 22.7 Å². The Kier molecular flexibility index (Phi) is 5.58. The second-order valence-corrected chi connectivity index (χ2v) is 8.31. The highest BCUT2D eigenvalue weighted by atomic mass is 32.1. The van der Waals surface area contributed by atoms with E-state index in [1.807, 2.05) is 11.4 Å². The minimum Gasteiger partial charge on any atom is -0.313 e. The number of thiazole rings is 1. The van der Waals surface area contributed by atoms with Gasteiger partial charge in [-0.15, -0.1) is 11.3 Å². The van der Waals surface area contributed by atoms with E-state index in [1.54, 1.807) is 30.3 Å². The van der Waals surface area contributed by atoms with E-state index < -0.39 is 0 Å². The van der Waals surface area contributed by atoms with Crippen LogP contribution in [0.15, 0.2) is 58.9 Å². The van der Waals surface area contributed by atoms with Crippen molar-refractivity contribution in [3.05, 3.63) is 74.6 Å². The number of halogens is 1. The van der Waals surface area contributed by atoms with E-state index in [9.17, 15) is 14.5 Å². The van der Waals surface area contributed by atoms with Gasteiger partial charge < -0.3 is 4.57 Å². The highest BCUT2D eigenvalue weighted by Crippen LogP contribution is 2.37. The van der Waals surface area contributed by atoms with Gasteiger partial charge in [0, 0.05) is 29.1 Å². The molecule has 1 saturated carbocycles. The Hall–Kier alpha value is -2.80. The van der Waals surface area contributed by atoms with Crippen molar-refractivity contribution in [3.63, 3.8) is 0 Å². The Morgan fingerprint density at radius 3 is 2.72 bits per heavy atom. The van der Waals surface area contributed by atoms with Crippen LogP contribution in [0.3, 0.4) is 0 Å². The zero-order chi connectivity index (χ0) is 20.4. The first-order valence-corrected chi connectivity index (χ1v) is 10.7. The summed E-state index contributed by atoms with van der Waals surface area (Å²) < 4.78 is 16.4. The van der Waals surface area contributed by atoms with Crippen molar-refractivity contribution in [2.75, 3.05) is 0 Å². The fourth-order valence-electron chi connectivity index (χ4n) is 4.04. The Morgan fingerprint density at radius 2 is 1.97 bits per heavy atom. The Labute approximate surface area is 172 Å². The maximum absolute atomic E-state index is 14.2. The van der Waals surface area contributed by atoms with E-state index in [2.05, 4.69) is 16.5 Å². The predicted octanol–water partition coefficient (Wildman–Crippen LogP) is 6.25. The topological polar surface area (TPSA) is 60.4 Å². The zero-order valence-electron chi connectivity index (χ0n) is 16.1. The van der Waals surface area contributed by atoms with Gasteiger partial charge in [-0.1, -0.05) is 44.0 Å². The summed E-state index contributed by atoms with van der Waals surface area (Å²) >= 11 is 1.44. The number of hydrogen-bond acceptors (Lipinski definition) is 4. The summed E-state index contributed by atoms with van der Waals surface area (Å²) in [6.07, 6.45) is 4.48. The van der Waals surface area contributed by atoms with E-state index >= 15 is 0 Å². The number of nitro benzene ring substituents is 1. The molecule has 1 aliphatic carbocycles. The van der Waals surface area contributed by atoms with Gasteiger partial charge >= 0.3 is 0 Å². The molecule has 5 nitrogen and oxygen atoms in total. The number of hydrogen-bond donors (Lipinski definition) is 0. The maximum Gasteiger partial charge on any atom is 0.270 e. The minimum atomic E-state index is -0.381. The SMILES string of the molecule is CC1CCCCC1n1c(-c2cccc([N+](=O)[O-])c2)csc1=Nc1ccccc1F. The van der Waals surface area contributed by atoms with Crippen LogP contribution >= 0.6 is 11.3 Å². The lowest BCUT2D eigenvalue weighted by Gasteiger charge is -2.31. The van der Waals surface area contributed by atoms with Crippen molar-refractivity contribution in [2.24, 2.45) is 10.9 Å². The number of nitrogens with zero attached hydrogens (tertiary/aromatic N) is 3. The fourth-order valence-corrected chi connectivity index (χ4v) is 5.00. The van der Waals surface area contributed by atoms with Gasteiger partial charge in [0.2, 0.25) is 0 Å². The summed E-state index contributed by atoms with van der Waals surface area (Å²) in [7, 11) is 0. The van der Waals surface area contributed by atoms with E-state index in [-0.39, 0.29) is 22.5 Å². The molecule has 4 rings (SSSR count). The number of benzene rings is 2. The maximum atomic E-state index is 14.2. The van der Waals surface area contributed by atoms with Crippen molar-refractivity contribution in [1.82, 2.24) is 4.57 Å². The summed E-state index contributed by atoms with van der Waals surface area (Å²) in [4.78, 5) is 16.2. The van der Waals surface area contributed by atoms with Gasteiger partial charge in [-0.25, -0.2) is 9.38 Å². The number of para-hydroxylation sites is 1. The van der Waals surface area contributed by atoms with Crippen LogP contribution in [0.25, 0.3) is 11.3 Å². The largest absolute Gasteiger partial charge is 0.313 e. The number of aromatic nitrogens is 1. The molecule has 0 N–H and O–H groups in total. The van der Waals surface area contributed by atoms with Gasteiger partial charge in [0.1, 0.15) is 11.5 Å². The molecule has 1 heterocycles. The van der Waals surface area contributed by atoms with Gasteiger partial charge in [0.15, 0.2) is 4.80 Å². The average Bonchev–Trinajstić information content (AvgIpc) is 3.13. The standard InChI is InChI=1S/C22H22FN3O2S/c1-15-7-2-5-12-20(15)25-21(16-8-6-9-17(13-16)26(27)28)14-29-22(25)24-19-11-4-3-10-18(19)23/h3-4,6,8-11,13-15,20H,2,5,7,12H2,1H3. The molecule has 2 atom stereocenters. The molecule has 0 aliphatic heterocycles. The molecule has 3 aromatic rings. The molecular weight excluding hydrogens is 389 g/mol. The first-order chi connectivity index (χ1) is 14.0. The lowest BCUT2D eigenvalue weighted by atomic mass is 9.85. The predicted molar refractivity (Wildman–Crippen MR) is 113 cm³/mol. The monoisotopic (exact) mass is 411 g/mol. The Balaban J connectivity index is 1.91. The molecule has 0 spiro atoms. The van der Waals surface area contributed by atoms with Crippen LogP contribution in [0.2, 0.25) is 0 Å². The van der Waals surface area contributed by atoms with Crippen LogP contribution in [0.5, 0.6) is 0 Å². The third-order valence-corrected chi connectivity index (χ3v) is 6.40. The van der Waals surface area contributed by atoms with Gasteiger partial charge in [0.25, 0.3) is 5.69 Å². The summed E-state index contributed by atoms with van der Waals surface area (Å²) in [5.74, 6) is 0.0939. The molecule has 29 heavy (non-hydrogen) atoms. The second-order valence-electron chi connectivity index (χ2n) is 7.47. The summed E-state index contributed by atoms with van der Waals surface area (Å²) in [6, 6.07) is 13.4. The third kappa shape index (κ3) is 4.00. The fraction of sp³-hybridized carbons (Fsp3) is 0.318. The van der Waals surface area contributed by atoms with Crippen molar-refractivity contribution in [3.8, 4) is 11.3 Å². The Bertz CT molecular complexity index is 1110. The molecule has 7 heteroatoms. The van der Waals surface area contributed by atoms with Crippen LogP contribution in [0.1, 0.15) is 38.6 Å². The molecule has 2 unspecified atom stereocenters. The number of rotatable bonds is 4. The highest BCUT2D eigenvalue weighted by molar-refractivity contribution is 7.07. The molecule has 0 bridgehead atoms. The smallest absolute Gasteiger partial charge is 0.270 e. The van der Waals surface area contributed by atoms with E-state index in [0.29, 0.717) is 11.6 Å². The molecule has 1 aromatic heterocycles. The first kappa shape index (κ1) is 19.5. The molecule has 1 fully saturated rings. The normalized spacial score (nSPS) is 20.0. The average molecular weight is 412 g/mol. The molecular formula is C22H22FN3O2S. The molecule has 1 aliphatic rings. The van der Waals surface area contributed by atoms with Gasteiger partial charge in [-0.3, -0.25) is 10.1 Å². The Morgan fingerprint density at radius 1 is 1.17 bits per heavy atom. The lowest BCUT2D eigenvalue weighted by Crippen LogP contribution is -2.28. The molecule has 0 radical (unpaired) electrons. The van der Waals surface area contributed by atoms with Crippen LogP contribution in [-0.2, 0) is 0 Å². The molecule has 2 aromatic carbocycles. The quantitative estimate of drug-likeness (QED) is 0.376. The van der Waals surface area contributed by atoms with Crippen molar-refractivity contribution in [2.45, 2.75) is 38.6 Å².